The first-order chi connectivity index (χ1) is 8.14. The predicted molar refractivity (Wildman–Crippen MR) is 56.6 cm³/mol. The third-order valence-corrected chi connectivity index (χ3v) is 2.89. The molecule has 0 atom stereocenters. The van der Waals surface area contributed by atoms with E-state index in [0.29, 0.717) is 18.8 Å². The second kappa shape index (κ2) is 4.58. The smallest absolute Gasteiger partial charge is 0.329 e. The van der Waals surface area contributed by atoms with Gasteiger partial charge in [0.2, 0.25) is 0 Å². The van der Waals surface area contributed by atoms with Crippen LogP contribution in [0.15, 0.2) is 23.0 Å². The van der Waals surface area contributed by atoms with Crippen molar-refractivity contribution in [3.05, 3.63) is 24.2 Å². The van der Waals surface area contributed by atoms with Gasteiger partial charge in [-0.1, -0.05) is 0 Å². The molecule has 1 saturated heterocycles. The van der Waals surface area contributed by atoms with E-state index in [4.69, 9.17) is 9.15 Å². The van der Waals surface area contributed by atoms with Crippen LogP contribution >= 0.6 is 0 Å². The number of ether oxygens (including phenoxy) is 1. The van der Waals surface area contributed by atoms with E-state index in [0.717, 1.165) is 0 Å². The summed E-state index contributed by atoms with van der Waals surface area (Å²) in [4.78, 5) is 23.1. The lowest BCUT2D eigenvalue weighted by atomic mass is 9.90. The Balaban J connectivity index is 2.13. The lowest BCUT2D eigenvalue weighted by Crippen LogP contribution is -2.57. The van der Waals surface area contributed by atoms with Crippen LogP contribution in [0.3, 0.4) is 0 Å². The number of rotatable bonds is 3. The maximum atomic E-state index is 11.8. The van der Waals surface area contributed by atoms with E-state index in [1.165, 1.54) is 18.6 Å². The summed E-state index contributed by atoms with van der Waals surface area (Å²) < 4.78 is 9.90. The van der Waals surface area contributed by atoms with Crippen LogP contribution in [0.1, 0.15) is 23.2 Å². The van der Waals surface area contributed by atoms with E-state index in [1.807, 2.05) is 0 Å². The van der Waals surface area contributed by atoms with Crippen molar-refractivity contribution in [3.8, 4) is 0 Å². The fourth-order valence-electron chi connectivity index (χ4n) is 1.80. The van der Waals surface area contributed by atoms with Gasteiger partial charge in [-0.15, -0.1) is 0 Å². The first-order valence-electron chi connectivity index (χ1n) is 5.30. The Kier molecular flexibility index (Phi) is 3.14. The number of hydrogen-bond acceptors (Lipinski definition) is 4. The van der Waals surface area contributed by atoms with Crippen LogP contribution in [0.2, 0.25) is 0 Å². The summed E-state index contributed by atoms with van der Waals surface area (Å²) in [5.74, 6) is -1.47. The van der Waals surface area contributed by atoms with Gasteiger partial charge in [0.25, 0.3) is 5.91 Å². The maximum absolute atomic E-state index is 11.8. The fourth-order valence-corrected chi connectivity index (χ4v) is 1.80. The van der Waals surface area contributed by atoms with Crippen LogP contribution in [0.25, 0.3) is 0 Å². The number of amides is 1. The normalized spacial score (nSPS) is 18.6. The molecule has 6 heteroatoms. The van der Waals surface area contributed by atoms with Crippen molar-refractivity contribution in [2.24, 2.45) is 0 Å². The number of carbonyl (C=O) groups excluding carboxylic acids is 1. The van der Waals surface area contributed by atoms with Crippen molar-refractivity contribution in [1.29, 1.82) is 0 Å². The maximum Gasteiger partial charge on any atom is 0.329 e. The lowest BCUT2D eigenvalue weighted by Gasteiger charge is -2.33. The van der Waals surface area contributed by atoms with E-state index >= 15 is 0 Å². The molecular weight excluding hydrogens is 226 g/mol. The molecule has 0 unspecified atom stereocenters. The van der Waals surface area contributed by atoms with Gasteiger partial charge in [0.15, 0.2) is 0 Å². The number of carboxylic acids is 1. The van der Waals surface area contributed by atoms with Crippen molar-refractivity contribution in [3.63, 3.8) is 0 Å². The molecular formula is C11H13NO5. The fraction of sp³-hybridized carbons (Fsp3) is 0.455. The quantitative estimate of drug-likeness (QED) is 0.808. The van der Waals surface area contributed by atoms with Crippen LogP contribution in [-0.2, 0) is 9.53 Å². The predicted octanol–water partition coefficient (Wildman–Crippen LogP) is 0.643. The second-order valence-electron chi connectivity index (χ2n) is 3.97. The highest BCUT2D eigenvalue weighted by Gasteiger charge is 2.41. The largest absolute Gasteiger partial charge is 0.480 e. The van der Waals surface area contributed by atoms with Gasteiger partial charge in [0.05, 0.1) is 11.8 Å². The first kappa shape index (κ1) is 11.7. The summed E-state index contributed by atoms with van der Waals surface area (Å²) in [6.07, 6.45) is 3.19. The third-order valence-electron chi connectivity index (χ3n) is 2.89. The molecule has 2 heterocycles. The van der Waals surface area contributed by atoms with Gasteiger partial charge in [-0.3, -0.25) is 4.79 Å². The Labute approximate surface area is 97.6 Å². The van der Waals surface area contributed by atoms with Gasteiger partial charge in [-0.05, 0) is 6.07 Å². The molecule has 0 radical (unpaired) electrons. The van der Waals surface area contributed by atoms with Crippen molar-refractivity contribution >= 4 is 11.9 Å². The first-order valence-corrected chi connectivity index (χ1v) is 5.30. The van der Waals surface area contributed by atoms with Crippen molar-refractivity contribution in [2.45, 2.75) is 18.4 Å². The average Bonchev–Trinajstić information content (AvgIpc) is 2.83. The van der Waals surface area contributed by atoms with Gasteiger partial charge in [0, 0.05) is 26.1 Å². The molecule has 2 N–H and O–H groups in total. The molecule has 1 aliphatic heterocycles. The molecule has 92 valence electrons. The van der Waals surface area contributed by atoms with Gasteiger partial charge in [-0.25, -0.2) is 4.79 Å². The minimum atomic E-state index is -1.23. The highest BCUT2D eigenvalue weighted by Crippen LogP contribution is 2.21. The highest BCUT2D eigenvalue weighted by atomic mass is 16.5. The molecule has 1 aromatic heterocycles. The monoisotopic (exact) mass is 239 g/mol. The van der Waals surface area contributed by atoms with E-state index in [1.54, 1.807) is 0 Å². The molecule has 0 aromatic carbocycles. The number of furan rings is 1. The number of carboxylic acid groups (broad SMARTS) is 1. The zero-order chi connectivity index (χ0) is 12.3. The van der Waals surface area contributed by atoms with Crippen LogP contribution in [-0.4, -0.2) is 35.7 Å². The molecule has 17 heavy (non-hydrogen) atoms. The Morgan fingerprint density at radius 2 is 2.06 bits per heavy atom. The van der Waals surface area contributed by atoms with Crippen molar-refractivity contribution in [1.82, 2.24) is 5.32 Å². The van der Waals surface area contributed by atoms with Crippen LogP contribution in [0, 0.1) is 0 Å². The van der Waals surface area contributed by atoms with Crippen LogP contribution < -0.4 is 5.32 Å². The summed E-state index contributed by atoms with van der Waals surface area (Å²) in [6, 6.07) is 1.49. The molecule has 1 amide bonds. The Morgan fingerprint density at radius 3 is 2.59 bits per heavy atom. The summed E-state index contributed by atoms with van der Waals surface area (Å²) in [5, 5.41) is 11.8. The van der Waals surface area contributed by atoms with Gasteiger partial charge in [0.1, 0.15) is 11.8 Å². The molecule has 0 spiro atoms. The van der Waals surface area contributed by atoms with Gasteiger partial charge >= 0.3 is 5.97 Å². The number of aliphatic carboxylic acids is 1. The number of hydrogen-bond donors (Lipinski definition) is 2. The van der Waals surface area contributed by atoms with Crippen LogP contribution in [0.5, 0.6) is 0 Å². The topological polar surface area (TPSA) is 88.8 Å². The number of carbonyl (C=O) groups is 2. The molecule has 1 aliphatic rings. The average molecular weight is 239 g/mol. The molecule has 1 aromatic rings. The molecule has 0 bridgehead atoms. The lowest BCUT2D eigenvalue weighted by molar-refractivity contribution is -0.148. The van der Waals surface area contributed by atoms with Crippen molar-refractivity contribution < 1.29 is 23.8 Å². The highest BCUT2D eigenvalue weighted by molar-refractivity contribution is 5.97. The molecule has 6 nitrogen and oxygen atoms in total. The molecule has 2 rings (SSSR count). The Hall–Kier alpha value is -1.82. The summed E-state index contributed by atoms with van der Waals surface area (Å²) in [6.45, 7) is 0.663. The zero-order valence-corrected chi connectivity index (χ0v) is 9.14. The van der Waals surface area contributed by atoms with E-state index in [-0.39, 0.29) is 12.8 Å². The zero-order valence-electron chi connectivity index (χ0n) is 9.14. The Morgan fingerprint density at radius 1 is 1.35 bits per heavy atom. The molecule has 0 aliphatic carbocycles. The third kappa shape index (κ3) is 2.31. The second-order valence-corrected chi connectivity index (χ2v) is 3.97. The van der Waals surface area contributed by atoms with Gasteiger partial charge < -0.3 is 19.6 Å². The summed E-state index contributed by atoms with van der Waals surface area (Å²) >= 11 is 0. The molecule has 1 fully saturated rings. The van der Waals surface area contributed by atoms with E-state index < -0.39 is 17.4 Å². The van der Waals surface area contributed by atoms with Crippen molar-refractivity contribution in [2.75, 3.05) is 13.2 Å². The standard InChI is InChI=1S/C11H13NO5/c13-9(8-1-4-17-7-8)12-11(10(14)15)2-5-16-6-3-11/h1,4,7H,2-3,5-6H2,(H,12,13)(H,14,15). The van der Waals surface area contributed by atoms with E-state index in [2.05, 4.69) is 5.32 Å². The number of nitrogens with one attached hydrogen (secondary N) is 1. The minimum absolute atomic E-state index is 0.270. The summed E-state index contributed by atoms with van der Waals surface area (Å²) in [5.41, 5.74) is -0.913. The SMILES string of the molecule is O=C(NC1(C(=O)O)CCOCC1)c1ccoc1. The van der Waals surface area contributed by atoms with Crippen LogP contribution in [0.4, 0.5) is 0 Å². The minimum Gasteiger partial charge on any atom is -0.480 e. The summed E-state index contributed by atoms with van der Waals surface area (Å²) in [7, 11) is 0. The van der Waals surface area contributed by atoms with E-state index in [9.17, 15) is 14.7 Å². The Bertz CT molecular complexity index is 406. The van der Waals surface area contributed by atoms with Gasteiger partial charge in [-0.2, -0.15) is 0 Å². The molecule has 0 saturated carbocycles.